The van der Waals surface area contributed by atoms with Gasteiger partial charge in [-0.1, -0.05) is 18.2 Å². The molecule has 0 aliphatic rings. The smallest absolute Gasteiger partial charge is 0.336 e. The van der Waals surface area contributed by atoms with Crippen LogP contribution in [0.1, 0.15) is 6.92 Å². The van der Waals surface area contributed by atoms with Gasteiger partial charge >= 0.3 is 5.97 Å². The molecular weight excluding hydrogens is 252 g/mol. The Bertz CT molecular complexity index is 581. The van der Waals surface area contributed by atoms with Gasteiger partial charge in [0.15, 0.2) is 5.60 Å². The van der Waals surface area contributed by atoms with Crippen LogP contribution in [0.5, 0.6) is 0 Å². The van der Waals surface area contributed by atoms with Gasteiger partial charge in [-0.05, 0) is 13.0 Å². The van der Waals surface area contributed by atoms with Crippen LogP contribution >= 0.6 is 11.8 Å². The fraction of sp³-hybridized carbons (Fsp3) is 0.250. The quantitative estimate of drug-likeness (QED) is 0.644. The van der Waals surface area contributed by atoms with Gasteiger partial charge in [-0.15, -0.1) is 11.8 Å². The van der Waals surface area contributed by atoms with Crippen molar-refractivity contribution in [1.29, 1.82) is 0 Å². The van der Waals surface area contributed by atoms with Crippen molar-refractivity contribution < 1.29 is 15.0 Å². The van der Waals surface area contributed by atoms with E-state index in [2.05, 4.69) is 9.97 Å². The molecule has 0 aliphatic carbocycles. The summed E-state index contributed by atoms with van der Waals surface area (Å²) in [5.74, 6) is -1.21. The van der Waals surface area contributed by atoms with E-state index in [1.165, 1.54) is 25.0 Å². The zero-order chi connectivity index (χ0) is 13.2. The van der Waals surface area contributed by atoms with Crippen molar-refractivity contribution in [1.82, 2.24) is 9.97 Å². The Morgan fingerprint density at radius 3 is 2.83 bits per heavy atom. The van der Waals surface area contributed by atoms with Crippen LogP contribution in [-0.4, -0.2) is 37.5 Å². The number of benzene rings is 1. The molecule has 1 aromatic heterocycles. The number of carboxylic acid groups (broad SMARTS) is 1. The van der Waals surface area contributed by atoms with E-state index in [1.54, 1.807) is 0 Å². The van der Waals surface area contributed by atoms with Crippen LogP contribution < -0.4 is 0 Å². The first kappa shape index (κ1) is 12.8. The highest BCUT2D eigenvalue weighted by Crippen LogP contribution is 2.26. The summed E-state index contributed by atoms with van der Waals surface area (Å²) in [6, 6.07) is 7.46. The molecule has 2 aromatic rings. The number of fused-ring (bicyclic) bond motifs is 1. The van der Waals surface area contributed by atoms with Crippen molar-refractivity contribution in [3.05, 3.63) is 30.6 Å². The number of hydrogen-bond donors (Lipinski definition) is 2. The summed E-state index contributed by atoms with van der Waals surface area (Å²) in [4.78, 5) is 19.0. The largest absolute Gasteiger partial charge is 0.479 e. The van der Waals surface area contributed by atoms with Crippen molar-refractivity contribution in [2.45, 2.75) is 17.6 Å². The molecule has 0 spiro atoms. The lowest BCUT2D eigenvalue weighted by atomic mass is 10.1. The van der Waals surface area contributed by atoms with Crippen LogP contribution in [0.2, 0.25) is 0 Å². The third-order valence-corrected chi connectivity index (χ3v) is 3.76. The van der Waals surface area contributed by atoms with Crippen LogP contribution in [0.15, 0.2) is 35.6 Å². The second kappa shape index (κ2) is 4.91. The van der Waals surface area contributed by atoms with Gasteiger partial charge in [-0.25, -0.2) is 14.8 Å². The van der Waals surface area contributed by atoms with E-state index in [0.29, 0.717) is 5.03 Å². The van der Waals surface area contributed by atoms with Crippen LogP contribution in [-0.2, 0) is 4.79 Å². The van der Waals surface area contributed by atoms with E-state index in [0.717, 1.165) is 10.9 Å². The van der Waals surface area contributed by atoms with Crippen LogP contribution in [0.3, 0.4) is 0 Å². The molecule has 2 rings (SSSR count). The molecule has 0 aliphatic heterocycles. The molecule has 1 unspecified atom stereocenters. The molecule has 0 saturated heterocycles. The van der Waals surface area contributed by atoms with Crippen molar-refractivity contribution in [2.24, 2.45) is 0 Å². The van der Waals surface area contributed by atoms with Crippen molar-refractivity contribution in [3.8, 4) is 0 Å². The van der Waals surface area contributed by atoms with Crippen LogP contribution in [0.25, 0.3) is 10.9 Å². The minimum Gasteiger partial charge on any atom is -0.479 e. The highest BCUT2D eigenvalue weighted by Gasteiger charge is 2.30. The fourth-order valence-corrected chi connectivity index (χ4v) is 2.36. The summed E-state index contributed by atoms with van der Waals surface area (Å²) in [6.07, 6.45) is 1.43. The van der Waals surface area contributed by atoms with Gasteiger partial charge < -0.3 is 10.2 Å². The summed E-state index contributed by atoms with van der Waals surface area (Å²) in [7, 11) is 0. The number of aliphatic hydroxyl groups is 1. The third kappa shape index (κ3) is 2.60. The van der Waals surface area contributed by atoms with E-state index in [4.69, 9.17) is 5.11 Å². The highest BCUT2D eigenvalue weighted by atomic mass is 32.2. The zero-order valence-corrected chi connectivity index (χ0v) is 10.5. The molecule has 0 bridgehead atoms. The maximum atomic E-state index is 10.8. The Kier molecular flexibility index (Phi) is 3.49. The summed E-state index contributed by atoms with van der Waals surface area (Å²) < 4.78 is 0. The number of carboxylic acids is 1. The number of nitrogens with zero attached hydrogens (tertiary/aromatic N) is 2. The van der Waals surface area contributed by atoms with E-state index in [1.807, 2.05) is 24.3 Å². The normalized spacial score (nSPS) is 14.3. The summed E-state index contributed by atoms with van der Waals surface area (Å²) >= 11 is 1.20. The summed E-state index contributed by atoms with van der Waals surface area (Å²) in [6.45, 7) is 1.27. The highest BCUT2D eigenvalue weighted by molar-refractivity contribution is 7.99. The Morgan fingerprint density at radius 2 is 2.11 bits per heavy atom. The van der Waals surface area contributed by atoms with Gasteiger partial charge in [0, 0.05) is 11.1 Å². The molecule has 2 N–H and O–H groups in total. The lowest BCUT2D eigenvalue weighted by molar-refractivity contribution is -0.154. The van der Waals surface area contributed by atoms with E-state index < -0.39 is 11.6 Å². The van der Waals surface area contributed by atoms with Crippen molar-refractivity contribution in [2.75, 3.05) is 5.75 Å². The summed E-state index contributed by atoms with van der Waals surface area (Å²) in [5.41, 5.74) is -0.971. The second-order valence-corrected chi connectivity index (χ2v) is 5.03. The minimum atomic E-state index is -1.77. The number of hydrogen-bond acceptors (Lipinski definition) is 5. The molecule has 1 atom stereocenters. The molecule has 0 amide bonds. The number of aliphatic carboxylic acids is 1. The molecule has 18 heavy (non-hydrogen) atoms. The Hall–Kier alpha value is -1.66. The first-order valence-corrected chi connectivity index (χ1v) is 6.27. The first-order chi connectivity index (χ1) is 8.50. The lowest BCUT2D eigenvalue weighted by Gasteiger charge is -2.16. The average molecular weight is 264 g/mol. The predicted octanol–water partition coefficient (Wildman–Crippen LogP) is 1.56. The van der Waals surface area contributed by atoms with Crippen LogP contribution in [0.4, 0.5) is 0 Å². The van der Waals surface area contributed by atoms with Gasteiger partial charge in [0.25, 0.3) is 0 Å². The topological polar surface area (TPSA) is 83.3 Å². The van der Waals surface area contributed by atoms with E-state index in [-0.39, 0.29) is 5.75 Å². The monoisotopic (exact) mass is 264 g/mol. The number of carbonyl (C=O) groups is 1. The average Bonchev–Trinajstić information content (AvgIpc) is 2.36. The Morgan fingerprint density at radius 1 is 1.39 bits per heavy atom. The van der Waals surface area contributed by atoms with Gasteiger partial charge in [0.1, 0.15) is 11.4 Å². The molecule has 5 nitrogen and oxygen atoms in total. The fourth-order valence-electron chi connectivity index (χ4n) is 1.37. The van der Waals surface area contributed by atoms with Gasteiger partial charge in [0.05, 0.1) is 5.52 Å². The molecule has 1 heterocycles. The number of para-hydroxylation sites is 1. The molecule has 94 valence electrons. The number of aromatic nitrogens is 2. The standard InChI is InChI=1S/C12H12N2O3S/c1-12(17,11(15)16)6-18-10-8-4-2-3-5-9(8)13-7-14-10/h2-5,7,17H,6H2,1H3,(H,15,16). The molecule has 0 radical (unpaired) electrons. The first-order valence-electron chi connectivity index (χ1n) is 5.29. The van der Waals surface area contributed by atoms with Gasteiger partial charge in [0.2, 0.25) is 0 Å². The third-order valence-electron chi connectivity index (χ3n) is 2.46. The van der Waals surface area contributed by atoms with Crippen molar-refractivity contribution >= 4 is 28.6 Å². The predicted molar refractivity (Wildman–Crippen MR) is 68.5 cm³/mol. The number of thioether (sulfide) groups is 1. The maximum Gasteiger partial charge on any atom is 0.336 e. The van der Waals surface area contributed by atoms with Gasteiger partial charge in [-0.2, -0.15) is 0 Å². The second-order valence-electron chi connectivity index (χ2n) is 4.06. The Balaban J connectivity index is 2.25. The lowest BCUT2D eigenvalue weighted by Crippen LogP contribution is -2.37. The molecular formula is C12H12N2O3S. The summed E-state index contributed by atoms with van der Waals surface area (Å²) in [5, 5.41) is 20.0. The number of rotatable bonds is 4. The van der Waals surface area contributed by atoms with E-state index >= 15 is 0 Å². The minimum absolute atomic E-state index is 0.0311. The molecule has 1 aromatic carbocycles. The zero-order valence-electron chi connectivity index (χ0n) is 9.70. The Labute approximate surface area is 108 Å². The maximum absolute atomic E-state index is 10.8. The SMILES string of the molecule is CC(O)(CSc1ncnc2ccccc12)C(=O)O. The molecule has 0 fully saturated rings. The van der Waals surface area contributed by atoms with Crippen LogP contribution in [0, 0.1) is 0 Å². The van der Waals surface area contributed by atoms with E-state index in [9.17, 15) is 9.90 Å². The van der Waals surface area contributed by atoms with Gasteiger partial charge in [-0.3, -0.25) is 0 Å². The molecule has 0 saturated carbocycles. The van der Waals surface area contributed by atoms with Crippen molar-refractivity contribution in [3.63, 3.8) is 0 Å². The molecule has 6 heteroatoms.